The number of benzene rings is 1. The number of H-pyrrole nitrogens is 1. The molecule has 24 heavy (non-hydrogen) atoms. The Balaban J connectivity index is 2.24. The maximum atomic E-state index is 12.3. The maximum Gasteiger partial charge on any atom is 0.269 e. The number of aromatic amines is 1. The third kappa shape index (κ3) is 2.50. The van der Waals surface area contributed by atoms with Crippen molar-refractivity contribution in [1.29, 1.82) is 0 Å². The van der Waals surface area contributed by atoms with Crippen molar-refractivity contribution in [2.24, 2.45) is 5.92 Å². The van der Waals surface area contributed by atoms with Crippen LogP contribution in [-0.2, 0) is 11.2 Å². The van der Waals surface area contributed by atoms with Gasteiger partial charge in [-0.2, -0.15) is 5.10 Å². The molecule has 1 aliphatic carbocycles. The van der Waals surface area contributed by atoms with Gasteiger partial charge in [-0.25, -0.2) is 0 Å². The molecule has 126 valence electrons. The zero-order chi connectivity index (χ0) is 17.6. The third-order valence-electron chi connectivity index (χ3n) is 4.79. The fourth-order valence-corrected chi connectivity index (χ4v) is 3.87. The molecule has 1 aromatic carbocycles. The minimum absolute atomic E-state index is 0.0392. The largest absolute Gasteiger partial charge is 0.389 e. The van der Waals surface area contributed by atoms with Crippen LogP contribution in [0, 0.1) is 23.0 Å². The number of aromatic nitrogens is 2. The van der Waals surface area contributed by atoms with E-state index in [1.807, 2.05) is 6.92 Å². The smallest absolute Gasteiger partial charge is 0.269 e. The van der Waals surface area contributed by atoms with E-state index in [1.165, 1.54) is 19.1 Å². The van der Waals surface area contributed by atoms with Crippen LogP contribution in [0.25, 0.3) is 0 Å². The highest BCUT2D eigenvalue weighted by atomic mass is 16.6. The number of hydrogen-bond donors (Lipinski definition) is 2. The summed E-state index contributed by atoms with van der Waals surface area (Å²) in [6, 6.07) is 6.24. The lowest BCUT2D eigenvalue weighted by Gasteiger charge is -2.41. The van der Waals surface area contributed by atoms with E-state index in [4.69, 9.17) is 0 Å². The first kappa shape index (κ1) is 16.3. The highest BCUT2D eigenvalue weighted by Crippen LogP contribution is 2.47. The second-order valence-electron chi connectivity index (χ2n) is 6.66. The predicted molar refractivity (Wildman–Crippen MR) is 86.8 cm³/mol. The second-order valence-corrected chi connectivity index (χ2v) is 6.66. The number of aryl methyl sites for hydroxylation is 1. The second kappa shape index (κ2) is 5.52. The number of nitro groups is 1. The number of ketones is 1. The van der Waals surface area contributed by atoms with Crippen LogP contribution in [0.1, 0.15) is 42.3 Å². The SMILES string of the molecule is CC(=O)[C@H]1[C@H](c2cccc([N+](=O)[O-])c2)c2c(n[nH]c2C)C[C@@]1(C)O. The summed E-state index contributed by atoms with van der Waals surface area (Å²) in [5, 5.41) is 29.1. The van der Waals surface area contributed by atoms with E-state index in [9.17, 15) is 20.0 Å². The highest BCUT2D eigenvalue weighted by molar-refractivity contribution is 5.82. The molecule has 0 aliphatic heterocycles. The number of carbonyl (C=O) groups is 1. The molecule has 1 aromatic heterocycles. The van der Waals surface area contributed by atoms with Crippen LogP contribution in [0.4, 0.5) is 5.69 Å². The summed E-state index contributed by atoms with van der Waals surface area (Å²) in [6.45, 7) is 4.92. The van der Waals surface area contributed by atoms with E-state index in [2.05, 4.69) is 10.2 Å². The van der Waals surface area contributed by atoms with Gasteiger partial charge in [0.25, 0.3) is 5.69 Å². The molecular formula is C17H19N3O4. The van der Waals surface area contributed by atoms with Crippen molar-refractivity contribution < 1.29 is 14.8 Å². The number of hydrogen-bond acceptors (Lipinski definition) is 5. The number of rotatable bonds is 3. The number of non-ortho nitro benzene ring substituents is 1. The quantitative estimate of drug-likeness (QED) is 0.663. The van der Waals surface area contributed by atoms with E-state index < -0.39 is 22.4 Å². The van der Waals surface area contributed by atoms with Gasteiger partial charge in [-0.15, -0.1) is 0 Å². The molecule has 3 rings (SSSR count). The fourth-order valence-electron chi connectivity index (χ4n) is 3.87. The normalized spacial score (nSPS) is 26.0. The zero-order valence-corrected chi connectivity index (χ0v) is 13.7. The molecule has 2 aromatic rings. The van der Waals surface area contributed by atoms with Crippen molar-refractivity contribution in [2.45, 2.75) is 38.7 Å². The van der Waals surface area contributed by atoms with E-state index in [-0.39, 0.29) is 17.9 Å². The van der Waals surface area contributed by atoms with Gasteiger partial charge in [0.1, 0.15) is 5.78 Å². The summed E-state index contributed by atoms with van der Waals surface area (Å²) in [5.41, 5.74) is 1.69. The first-order valence-electron chi connectivity index (χ1n) is 7.73. The lowest BCUT2D eigenvalue weighted by atomic mass is 9.64. The van der Waals surface area contributed by atoms with Gasteiger partial charge in [0.2, 0.25) is 0 Å². The molecule has 0 amide bonds. The fraction of sp³-hybridized carbons (Fsp3) is 0.412. The molecule has 7 heteroatoms. The first-order chi connectivity index (χ1) is 11.2. The third-order valence-corrected chi connectivity index (χ3v) is 4.79. The van der Waals surface area contributed by atoms with Gasteiger partial charge in [0.05, 0.1) is 22.1 Å². The Morgan fingerprint density at radius 1 is 1.50 bits per heavy atom. The van der Waals surface area contributed by atoms with Crippen molar-refractivity contribution >= 4 is 11.5 Å². The van der Waals surface area contributed by atoms with Gasteiger partial charge in [0.15, 0.2) is 0 Å². The van der Waals surface area contributed by atoms with E-state index in [0.29, 0.717) is 11.3 Å². The maximum absolute atomic E-state index is 12.3. The molecule has 0 radical (unpaired) electrons. The highest BCUT2D eigenvalue weighted by Gasteiger charge is 2.48. The average Bonchev–Trinajstić information content (AvgIpc) is 2.85. The van der Waals surface area contributed by atoms with Crippen LogP contribution in [0.15, 0.2) is 24.3 Å². The summed E-state index contributed by atoms with van der Waals surface area (Å²) in [7, 11) is 0. The first-order valence-corrected chi connectivity index (χ1v) is 7.73. The van der Waals surface area contributed by atoms with Gasteiger partial charge < -0.3 is 5.11 Å². The molecule has 2 N–H and O–H groups in total. The van der Waals surface area contributed by atoms with E-state index in [0.717, 1.165) is 11.3 Å². The molecule has 0 bridgehead atoms. The molecule has 0 saturated heterocycles. The minimum Gasteiger partial charge on any atom is -0.389 e. The Bertz CT molecular complexity index is 825. The molecule has 0 unspecified atom stereocenters. The van der Waals surface area contributed by atoms with Crippen molar-refractivity contribution in [3.8, 4) is 0 Å². The number of aliphatic hydroxyl groups is 1. The number of Topliss-reactive ketones (excluding diaryl/α,β-unsaturated/α-hetero) is 1. The van der Waals surface area contributed by atoms with Crippen molar-refractivity contribution in [2.75, 3.05) is 0 Å². The molecule has 1 aliphatic rings. The Labute approximate surface area is 138 Å². The monoisotopic (exact) mass is 329 g/mol. The number of nitro benzene ring substituents is 1. The zero-order valence-electron chi connectivity index (χ0n) is 13.7. The Kier molecular flexibility index (Phi) is 3.76. The molecule has 0 saturated carbocycles. The van der Waals surface area contributed by atoms with Gasteiger partial charge in [-0.3, -0.25) is 20.0 Å². The summed E-state index contributed by atoms with van der Waals surface area (Å²) in [5.74, 6) is -1.31. The van der Waals surface area contributed by atoms with Crippen LogP contribution >= 0.6 is 0 Å². The summed E-state index contributed by atoms with van der Waals surface area (Å²) < 4.78 is 0. The summed E-state index contributed by atoms with van der Waals surface area (Å²) >= 11 is 0. The number of nitrogens with zero attached hydrogens (tertiary/aromatic N) is 2. The van der Waals surface area contributed by atoms with Crippen LogP contribution in [-0.4, -0.2) is 31.6 Å². The number of fused-ring (bicyclic) bond motifs is 1. The average molecular weight is 329 g/mol. The van der Waals surface area contributed by atoms with Crippen LogP contribution < -0.4 is 0 Å². The Hall–Kier alpha value is -2.54. The van der Waals surface area contributed by atoms with Gasteiger partial charge in [-0.05, 0) is 26.3 Å². The molecule has 0 fully saturated rings. The van der Waals surface area contributed by atoms with Crippen molar-refractivity contribution in [3.05, 3.63) is 56.9 Å². The molecular weight excluding hydrogens is 310 g/mol. The van der Waals surface area contributed by atoms with Gasteiger partial charge in [0, 0.05) is 35.7 Å². The Morgan fingerprint density at radius 2 is 2.21 bits per heavy atom. The lowest BCUT2D eigenvalue weighted by molar-refractivity contribution is -0.384. The number of nitrogens with one attached hydrogen (secondary N) is 1. The van der Waals surface area contributed by atoms with Crippen molar-refractivity contribution in [3.63, 3.8) is 0 Å². The van der Waals surface area contributed by atoms with Crippen LogP contribution in [0.3, 0.4) is 0 Å². The van der Waals surface area contributed by atoms with E-state index >= 15 is 0 Å². The minimum atomic E-state index is -1.27. The molecule has 0 spiro atoms. The predicted octanol–water partition coefficient (Wildman–Crippen LogP) is 2.27. The summed E-state index contributed by atoms with van der Waals surface area (Å²) in [6.07, 6.45) is 0.266. The summed E-state index contributed by atoms with van der Waals surface area (Å²) in [4.78, 5) is 23.0. The molecule has 1 heterocycles. The number of carbonyl (C=O) groups excluding carboxylic acids is 1. The van der Waals surface area contributed by atoms with Crippen LogP contribution in [0.5, 0.6) is 0 Å². The molecule has 3 atom stereocenters. The molecule has 7 nitrogen and oxygen atoms in total. The van der Waals surface area contributed by atoms with Gasteiger partial charge in [-0.1, -0.05) is 12.1 Å². The van der Waals surface area contributed by atoms with Crippen molar-refractivity contribution in [1.82, 2.24) is 10.2 Å². The lowest BCUT2D eigenvalue weighted by Crippen LogP contribution is -2.48. The van der Waals surface area contributed by atoms with Crippen LogP contribution in [0.2, 0.25) is 0 Å². The van der Waals surface area contributed by atoms with E-state index in [1.54, 1.807) is 19.1 Å². The Morgan fingerprint density at radius 3 is 2.83 bits per heavy atom. The standard InChI is InChI=1S/C17H19N3O4/c1-9-14-13(19-18-9)8-17(3,22)16(10(2)21)15(14)11-5-4-6-12(7-11)20(23)24/h4-7,15-16,22H,8H2,1-3H3,(H,18,19)/t15-,16+,17-/m1/s1. The van der Waals surface area contributed by atoms with Gasteiger partial charge >= 0.3 is 0 Å². The topological polar surface area (TPSA) is 109 Å².